The molecule has 0 radical (unpaired) electrons. The molecule has 0 spiro atoms. The average molecular weight is 526 g/mol. The van der Waals surface area contributed by atoms with Crippen molar-refractivity contribution in [3.8, 4) is 5.75 Å². The number of alkyl halides is 13. The summed E-state index contributed by atoms with van der Waals surface area (Å²) in [6.45, 7) is 3.55. The van der Waals surface area contributed by atoms with Crippen molar-refractivity contribution in [2.45, 2.75) is 68.6 Å². The summed E-state index contributed by atoms with van der Waals surface area (Å²) in [4.78, 5) is 0. The van der Waals surface area contributed by atoms with Crippen LogP contribution in [0, 0.1) is 5.92 Å². The van der Waals surface area contributed by atoms with Crippen LogP contribution in [0.2, 0.25) is 0 Å². The van der Waals surface area contributed by atoms with Crippen molar-refractivity contribution in [1.29, 1.82) is 0 Å². The first-order valence-corrected chi connectivity index (χ1v) is 9.27. The highest BCUT2D eigenvalue weighted by atomic mass is 19.4. The summed E-state index contributed by atoms with van der Waals surface area (Å²) >= 11 is 0. The predicted octanol–water partition coefficient (Wildman–Crippen LogP) is 7.06. The molecule has 0 amide bonds. The quantitative estimate of drug-likeness (QED) is 0.331. The van der Waals surface area contributed by atoms with Crippen molar-refractivity contribution < 1.29 is 66.9 Å². The Balaban J connectivity index is 3.46. The van der Waals surface area contributed by atoms with Crippen molar-refractivity contribution in [2.24, 2.45) is 5.92 Å². The van der Waals surface area contributed by atoms with Crippen LogP contribution in [-0.2, 0) is 5.60 Å². The molecule has 0 aromatic heterocycles. The highest BCUT2D eigenvalue weighted by molar-refractivity contribution is 5.38. The molecular formula is C19H19F13O2. The van der Waals surface area contributed by atoms with Gasteiger partial charge >= 0.3 is 35.8 Å². The number of para-hydroxylation sites is 1. The molecule has 0 saturated heterocycles. The summed E-state index contributed by atoms with van der Waals surface area (Å²) in [7, 11) is 0. The normalized spacial score (nSPS) is 16.5. The van der Waals surface area contributed by atoms with Crippen molar-refractivity contribution >= 4 is 0 Å². The van der Waals surface area contributed by atoms with Gasteiger partial charge in [0.05, 0.1) is 18.6 Å². The minimum atomic E-state index is -7.99. The first-order chi connectivity index (χ1) is 14.9. The third kappa shape index (κ3) is 5.03. The first kappa shape index (κ1) is 30.1. The lowest BCUT2D eigenvalue weighted by Gasteiger charge is -2.41. The Labute approximate surface area is 184 Å². The fraction of sp³-hybridized carbons (Fsp3) is 0.684. The van der Waals surface area contributed by atoms with E-state index < -0.39 is 53.4 Å². The van der Waals surface area contributed by atoms with Crippen LogP contribution in [0.3, 0.4) is 0 Å². The zero-order chi connectivity index (χ0) is 27.2. The Morgan fingerprint density at radius 2 is 1.18 bits per heavy atom. The van der Waals surface area contributed by atoms with E-state index in [1.165, 1.54) is 6.07 Å². The van der Waals surface area contributed by atoms with Crippen molar-refractivity contribution in [3.63, 3.8) is 0 Å². The molecule has 34 heavy (non-hydrogen) atoms. The van der Waals surface area contributed by atoms with Gasteiger partial charge in [0, 0.05) is 5.56 Å². The average Bonchev–Trinajstić information content (AvgIpc) is 2.64. The van der Waals surface area contributed by atoms with E-state index in [0.717, 1.165) is 18.2 Å². The molecule has 15 heteroatoms. The van der Waals surface area contributed by atoms with E-state index >= 15 is 0 Å². The van der Waals surface area contributed by atoms with E-state index in [1.807, 2.05) is 0 Å². The lowest BCUT2D eigenvalue weighted by atomic mass is 9.84. The summed E-state index contributed by atoms with van der Waals surface area (Å²) < 4.78 is 178. The van der Waals surface area contributed by atoms with Crippen LogP contribution in [0.25, 0.3) is 0 Å². The minimum absolute atomic E-state index is 0.101. The summed E-state index contributed by atoms with van der Waals surface area (Å²) in [5.41, 5.74) is -3.92. The second-order valence-corrected chi connectivity index (χ2v) is 8.15. The third-order valence-electron chi connectivity index (χ3n) is 4.60. The van der Waals surface area contributed by atoms with Gasteiger partial charge in [0.2, 0.25) is 0 Å². The largest absolute Gasteiger partial charge is 0.493 e. The molecule has 0 aliphatic rings. The monoisotopic (exact) mass is 526 g/mol. The maximum absolute atomic E-state index is 14.2. The van der Waals surface area contributed by atoms with Gasteiger partial charge in [0.25, 0.3) is 0 Å². The highest BCUT2D eigenvalue weighted by Gasteiger charge is 2.90. The summed E-state index contributed by atoms with van der Waals surface area (Å²) in [6, 6.07) is 4.23. The van der Waals surface area contributed by atoms with Crippen molar-refractivity contribution in [3.05, 3.63) is 29.8 Å². The van der Waals surface area contributed by atoms with Gasteiger partial charge in [-0.3, -0.25) is 0 Å². The van der Waals surface area contributed by atoms with E-state index in [-0.39, 0.29) is 18.3 Å². The van der Waals surface area contributed by atoms with Gasteiger partial charge in [-0.15, -0.1) is 0 Å². The van der Waals surface area contributed by atoms with Crippen LogP contribution < -0.4 is 4.74 Å². The molecule has 198 valence electrons. The van der Waals surface area contributed by atoms with Gasteiger partial charge in [0.15, 0.2) is 0 Å². The Bertz CT molecular complexity index is 845. The lowest BCUT2D eigenvalue weighted by molar-refractivity contribution is -0.441. The van der Waals surface area contributed by atoms with Crippen molar-refractivity contribution in [1.82, 2.24) is 0 Å². The minimum Gasteiger partial charge on any atom is -0.493 e. The van der Waals surface area contributed by atoms with Crippen LogP contribution in [-0.4, -0.2) is 47.5 Å². The molecule has 1 rings (SSSR count). The SMILES string of the molecule is CC(C)COc1ccccc1C(C)(O)CC(F)(F)C(F)(F)C(F)(F)C(F)(F)C(F)(F)C(F)(F)F. The van der Waals surface area contributed by atoms with Crippen LogP contribution in [0.4, 0.5) is 57.1 Å². The second-order valence-electron chi connectivity index (χ2n) is 8.15. The molecule has 0 fully saturated rings. The van der Waals surface area contributed by atoms with Gasteiger partial charge in [-0.05, 0) is 18.9 Å². The lowest BCUT2D eigenvalue weighted by Crippen LogP contribution is -2.70. The van der Waals surface area contributed by atoms with E-state index in [1.54, 1.807) is 13.8 Å². The smallest absolute Gasteiger partial charge is 0.460 e. The molecular weight excluding hydrogens is 507 g/mol. The van der Waals surface area contributed by atoms with Gasteiger partial charge in [-0.2, -0.15) is 57.1 Å². The summed E-state index contributed by atoms with van der Waals surface area (Å²) in [5.74, 6) is -38.2. The molecule has 2 nitrogen and oxygen atoms in total. The zero-order valence-electron chi connectivity index (χ0n) is 17.6. The standard InChI is InChI=1S/C19H19F13O2/c1-10(2)8-34-12-7-5-4-6-11(12)13(3,33)9-14(20,21)15(22,23)16(24,25)17(26,27)18(28,29)19(30,31)32/h4-7,10,33H,8-9H2,1-3H3. The molecule has 0 bridgehead atoms. The van der Waals surface area contributed by atoms with E-state index in [4.69, 9.17) is 4.74 Å². The van der Waals surface area contributed by atoms with Crippen LogP contribution >= 0.6 is 0 Å². The number of hydrogen-bond acceptors (Lipinski definition) is 2. The predicted molar refractivity (Wildman–Crippen MR) is 91.8 cm³/mol. The molecule has 1 aromatic rings. The molecule has 0 aliphatic carbocycles. The van der Waals surface area contributed by atoms with Gasteiger partial charge in [-0.1, -0.05) is 32.0 Å². The Hall–Kier alpha value is -1.93. The number of aliphatic hydroxyl groups is 1. The molecule has 0 saturated carbocycles. The Morgan fingerprint density at radius 3 is 1.62 bits per heavy atom. The van der Waals surface area contributed by atoms with Gasteiger partial charge in [0.1, 0.15) is 5.75 Å². The number of rotatable bonds is 10. The van der Waals surface area contributed by atoms with Gasteiger partial charge in [-0.25, -0.2) is 0 Å². The number of halogens is 13. The molecule has 0 aliphatic heterocycles. The second kappa shape index (κ2) is 8.94. The molecule has 0 heterocycles. The van der Waals surface area contributed by atoms with Gasteiger partial charge < -0.3 is 9.84 Å². The maximum atomic E-state index is 14.2. The molecule has 1 unspecified atom stereocenters. The van der Waals surface area contributed by atoms with Crippen LogP contribution in [0.5, 0.6) is 5.75 Å². The fourth-order valence-corrected chi connectivity index (χ4v) is 2.73. The van der Waals surface area contributed by atoms with E-state index in [0.29, 0.717) is 6.92 Å². The van der Waals surface area contributed by atoms with E-state index in [9.17, 15) is 62.2 Å². The Kier molecular flexibility index (Phi) is 7.91. The topological polar surface area (TPSA) is 29.5 Å². The van der Waals surface area contributed by atoms with Crippen LogP contribution in [0.1, 0.15) is 32.8 Å². The molecule has 1 aromatic carbocycles. The van der Waals surface area contributed by atoms with Crippen molar-refractivity contribution in [2.75, 3.05) is 6.61 Å². The van der Waals surface area contributed by atoms with Crippen LogP contribution in [0.15, 0.2) is 24.3 Å². The van der Waals surface area contributed by atoms with E-state index in [2.05, 4.69) is 0 Å². The first-order valence-electron chi connectivity index (χ1n) is 9.27. The zero-order valence-corrected chi connectivity index (χ0v) is 17.6. The maximum Gasteiger partial charge on any atom is 0.460 e. The number of ether oxygens (including phenoxy) is 1. The third-order valence-corrected chi connectivity index (χ3v) is 4.60. The molecule has 1 atom stereocenters. The molecule has 1 N–H and O–H groups in total. The highest BCUT2D eigenvalue weighted by Crippen LogP contribution is 2.61. The number of benzene rings is 1. The summed E-state index contributed by atoms with van der Waals surface area (Å²) in [6.07, 6.45) is -10.3. The fourth-order valence-electron chi connectivity index (χ4n) is 2.73. The Morgan fingerprint density at radius 1 is 0.735 bits per heavy atom. The number of hydrogen-bond donors (Lipinski definition) is 1. The summed E-state index contributed by atoms with van der Waals surface area (Å²) in [5, 5.41) is 10.3.